The molecule has 2 N–H and O–H groups in total. The van der Waals surface area contributed by atoms with Gasteiger partial charge in [-0.25, -0.2) is 0 Å². The summed E-state index contributed by atoms with van der Waals surface area (Å²) < 4.78 is 1.55. The average molecular weight is 259 g/mol. The van der Waals surface area contributed by atoms with Crippen LogP contribution in [0.25, 0.3) is 0 Å². The maximum Gasteiger partial charge on any atom is 0.313 e. The van der Waals surface area contributed by atoms with Crippen LogP contribution < -0.4 is 4.68 Å². The van der Waals surface area contributed by atoms with E-state index in [1.54, 1.807) is 4.68 Å². The number of aliphatic carboxylic acids is 2. The van der Waals surface area contributed by atoms with Crippen LogP contribution in [0.3, 0.4) is 0 Å². The van der Waals surface area contributed by atoms with Crippen molar-refractivity contribution in [1.29, 1.82) is 0 Å². The predicted molar refractivity (Wildman–Crippen MR) is 59.7 cm³/mol. The van der Waals surface area contributed by atoms with Crippen LogP contribution >= 0.6 is 11.3 Å². The zero-order valence-electron chi connectivity index (χ0n) is 9.88. The molecule has 0 saturated heterocycles. The van der Waals surface area contributed by atoms with E-state index in [-0.39, 0.29) is 6.54 Å². The third kappa shape index (κ3) is 3.23. The van der Waals surface area contributed by atoms with Gasteiger partial charge in [0.1, 0.15) is 5.92 Å². The van der Waals surface area contributed by atoms with Gasteiger partial charge in [-0.3, -0.25) is 9.59 Å². The lowest BCUT2D eigenvalue weighted by molar-refractivity contribution is -0.758. The van der Waals surface area contributed by atoms with Crippen molar-refractivity contribution in [3.8, 4) is 0 Å². The SMILES string of the molecule is Cc1n[n+](CC(C(=O)O)C(C)C(=O)O)c(C)s1. The zero-order chi connectivity index (χ0) is 13.2. The van der Waals surface area contributed by atoms with Crippen molar-refractivity contribution in [3.63, 3.8) is 0 Å². The van der Waals surface area contributed by atoms with E-state index in [2.05, 4.69) is 5.10 Å². The van der Waals surface area contributed by atoms with Crippen LogP contribution in [0.4, 0.5) is 0 Å². The molecule has 0 saturated carbocycles. The summed E-state index contributed by atoms with van der Waals surface area (Å²) in [5.74, 6) is -4.14. The average Bonchev–Trinajstić information content (AvgIpc) is 2.52. The minimum atomic E-state index is -1.11. The number of rotatable bonds is 5. The molecular weight excluding hydrogens is 244 g/mol. The minimum Gasteiger partial charge on any atom is -0.481 e. The van der Waals surface area contributed by atoms with Crippen molar-refractivity contribution >= 4 is 23.3 Å². The van der Waals surface area contributed by atoms with Gasteiger partial charge in [0.2, 0.25) is 0 Å². The van der Waals surface area contributed by atoms with E-state index < -0.39 is 23.8 Å². The first kappa shape index (κ1) is 13.6. The highest BCUT2D eigenvalue weighted by Crippen LogP contribution is 2.14. The number of hydrogen-bond donors (Lipinski definition) is 2. The fourth-order valence-electron chi connectivity index (χ4n) is 1.51. The van der Waals surface area contributed by atoms with E-state index in [4.69, 9.17) is 10.2 Å². The van der Waals surface area contributed by atoms with Crippen molar-refractivity contribution in [2.75, 3.05) is 0 Å². The zero-order valence-corrected chi connectivity index (χ0v) is 10.7. The highest BCUT2D eigenvalue weighted by atomic mass is 32.1. The van der Waals surface area contributed by atoms with Crippen LogP contribution in [0.5, 0.6) is 0 Å². The molecule has 1 aromatic heterocycles. The molecule has 2 atom stereocenters. The van der Waals surface area contributed by atoms with Gasteiger partial charge in [0.05, 0.1) is 5.92 Å². The molecule has 0 amide bonds. The molecule has 0 aromatic carbocycles. The Kier molecular flexibility index (Phi) is 4.17. The third-order valence-corrected chi connectivity index (χ3v) is 3.48. The van der Waals surface area contributed by atoms with Crippen molar-refractivity contribution in [2.24, 2.45) is 11.8 Å². The molecule has 0 radical (unpaired) electrons. The Morgan fingerprint density at radius 2 is 1.94 bits per heavy atom. The summed E-state index contributed by atoms with van der Waals surface area (Å²) in [4.78, 5) is 21.9. The molecule has 7 heteroatoms. The molecule has 2 unspecified atom stereocenters. The quantitative estimate of drug-likeness (QED) is 0.750. The third-order valence-electron chi connectivity index (χ3n) is 2.60. The molecule has 0 spiro atoms. The molecule has 0 aliphatic rings. The van der Waals surface area contributed by atoms with E-state index in [0.717, 1.165) is 10.0 Å². The second kappa shape index (κ2) is 5.22. The van der Waals surface area contributed by atoms with E-state index in [1.807, 2.05) is 13.8 Å². The number of aromatic nitrogens is 2. The fourth-order valence-corrected chi connectivity index (χ4v) is 2.29. The van der Waals surface area contributed by atoms with Gasteiger partial charge in [0.25, 0.3) is 5.01 Å². The Morgan fingerprint density at radius 1 is 1.35 bits per heavy atom. The molecule has 1 aromatic rings. The number of carboxylic acid groups (broad SMARTS) is 2. The van der Waals surface area contributed by atoms with E-state index >= 15 is 0 Å². The smallest absolute Gasteiger partial charge is 0.313 e. The normalized spacial score (nSPS) is 14.3. The first-order valence-electron chi connectivity index (χ1n) is 5.12. The Hall–Kier alpha value is -1.50. The first-order chi connectivity index (χ1) is 7.82. The summed E-state index contributed by atoms with van der Waals surface area (Å²) in [5.41, 5.74) is 0. The van der Waals surface area contributed by atoms with Gasteiger partial charge in [-0.2, -0.15) is 0 Å². The van der Waals surface area contributed by atoms with E-state index in [9.17, 15) is 9.59 Å². The lowest BCUT2D eigenvalue weighted by Crippen LogP contribution is -2.46. The molecular formula is C10H15N2O4S+. The summed E-state index contributed by atoms with van der Waals surface area (Å²) in [6.45, 7) is 5.13. The Bertz CT molecular complexity index is 444. The predicted octanol–water partition coefficient (Wildman–Crippen LogP) is 0.469. The van der Waals surface area contributed by atoms with Gasteiger partial charge in [-0.15, -0.1) is 0 Å². The number of aryl methyl sites for hydroxylation is 2. The monoisotopic (exact) mass is 259 g/mol. The van der Waals surface area contributed by atoms with Gasteiger partial charge in [0.15, 0.2) is 11.6 Å². The van der Waals surface area contributed by atoms with Gasteiger partial charge < -0.3 is 10.2 Å². The topological polar surface area (TPSA) is 91.4 Å². The van der Waals surface area contributed by atoms with Gasteiger partial charge in [-0.05, 0) is 6.92 Å². The van der Waals surface area contributed by atoms with Crippen LogP contribution in [0.2, 0.25) is 0 Å². The summed E-state index contributed by atoms with van der Waals surface area (Å²) in [5, 5.41) is 23.8. The molecule has 0 aliphatic carbocycles. The standard InChI is InChI=1S/C10H14N2O4S/c1-5(9(13)14)8(10(15)16)4-12-7(3)17-6(2)11-12/h5,8H,4H2,1-3H3,(H-,13,14,15,16)/p+1. The second-order valence-electron chi connectivity index (χ2n) is 3.89. The van der Waals surface area contributed by atoms with Crippen LogP contribution in [0.1, 0.15) is 16.9 Å². The fraction of sp³-hybridized carbons (Fsp3) is 0.600. The van der Waals surface area contributed by atoms with Gasteiger partial charge >= 0.3 is 11.9 Å². The van der Waals surface area contributed by atoms with Crippen molar-refractivity contribution in [3.05, 3.63) is 10.0 Å². The van der Waals surface area contributed by atoms with Gasteiger partial charge in [0, 0.05) is 12.0 Å². The van der Waals surface area contributed by atoms with Crippen molar-refractivity contribution < 1.29 is 24.5 Å². The number of hydrogen-bond acceptors (Lipinski definition) is 4. The molecule has 0 fully saturated rings. The molecule has 0 bridgehead atoms. The van der Waals surface area contributed by atoms with Gasteiger partial charge in [-0.1, -0.05) is 22.9 Å². The van der Waals surface area contributed by atoms with Crippen LogP contribution in [-0.4, -0.2) is 27.3 Å². The van der Waals surface area contributed by atoms with Crippen molar-refractivity contribution in [2.45, 2.75) is 27.3 Å². The van der Waals surface area contributed by atoms with E-state index in [0.29, 0.717) is 0 Å². The molecule has 1 rings (SSSR count). The summed E-state index contributed by atoms with van der Waals surface area (Å²) in [6, 6.07) is 0. The Morgan fingerprint density at radius 3 is 2.29 bits per heavy atom. The van der Waals surface area contributed by atoms with Crippen molar-refractivity contribution in [1.82, 2.24) is 5.10 Å². The van der Waals surface area contributed by atoms with E-state index in [1.165, 1.54) is 18.3 Å². The molecule has 1 heterocycles. The molecule has 94 valence electrons. The largest absolute Gasteiger partial charge is 0.481 e. The highest BCUT2D eigenvalue weighted by Gasteiger charge is 2.35. The molecule has 17 heavy (non-hydrogen) atoms. The lowest BCUT2D eigenvalue weighted by Gasteiger charge is -2.11. The summed E-state index contributed by atoms with van der Waals surface area (Å²) >= 11 is 1.45. The second-order valence-corrected chi connectivity index (χ2v) is 5.28. The minimum absolute atomic E-state index is 0.0823. The van der Waals surface area contributed by atoms with Crippen LogP contribution in [0, 0.1) is 25.7 Å². The maximum atomic E-state index is 11.1. The molecule has 0 aliphatic heterocycles. The highest BCUT2D eigenvalue weighted by molar-refractivity contribution is 7.10. The summed E-state index contributed by atoms with van der Waals surface area (Å²) in [6.07, 6.45) is 0. The lowest BCUT2D eigenvalue weighted by atomic mass is 9.94. The summed E-state index contributed by atoms with van der Waals surface area (Å²) in [7, 11) is 0. The first-order valence-corrected chi connectivity index (χ1v) is 5.94. The number of carbonyl (C=O) groups is 2. The number of nitrogens with zero attached hydrogens (tertiary/aromatic N) is 2. The van der Waals surface area contributed by atoms with Crippen LogP contribution in [0.15, 0.2) is 0 Å². The van der Waals surface area contributed by atoms with Crippen LogP contribution in [-0.2, 0) is 16.1 Å². The Balaban J connectivity index is 2.91. The Labute approximate surface area is 103 Å². The number of carboxylic acids is 2. The maximum absolute atomic E-state index is 11.1. The molecule has 6 nitrogen and oxygen atoms in total.